The smallest absolute Gasteiger partial charge is 0.125 e. The van der Waals surface area contributed by atoms with Crippen LogP contribution in [0.1, 0.15) is 35.0 Å². The highest BCUT2D eigenvalue weighted by Gasteiger charge is 2.17. The number of hydrogen-bond acceptors (Lipinski definition) is 3. The van der Waals surface area contributed by atoms with E-state index in [2.05, 4.69) is 123 Å². The number of aromatic nitrogens is 4. The monoisotopic (exact) mass is 560 g/mol. The molecule has 2 aromatic carbocycles. The Hall–Kier alpha value is -5.98. The molecule has 0 N–H and O–H groups in total. The largest absolute Gasteiger partial charge is 0.339 e. The van der Waals surface area contributed by atoms with Crippen LogP contribution in [-0.4, -0.2) is 31.7 Å². The predicted molar refractivity (Wildman–Crippen MR) is 184 cm³/mol. The van der Waals surface area contributed by atoms with Crippen molar-refractivity contribution >= 4 is 58.2 Å². The van der Waals surface area contributed by atoms with Gasteiger partial charge in [0, 0.05) is 45.4 Å². The Bertz CT molecular complexity index is 1970. The van der Waals surface area contributed by atoms with Crippen LogP contribution in [0.15, 0.2) is 96.5 Å². The number of terminal acetylenes is 2. The molecule has 0 aliphatic heterocycles. The van der Waals surface area contributed by atoms with E-state index in [-0.39, 0.29) is 0 Å². The van der Waals surface area contributed by atoms with Crippen LogP contribution < -0.4 is 0 Å². The van der Waals surface area contributed by atoms with E-state index < -0.39 is 0 Å². The Morgan fingerprint density at radius 2 is 1.79 bits per heavy atom. The van der Waals surface area contributed by atoms with Crippen LogP contribution >= 0.6 is 0 Å². The summed E-state index contributed by atoms with van der Waals surface area (Å²) in [6.07, 6.45) is 31.7. The summed E-state index contributed by atoms with van der Waals surface area (Å²) in [5, 5.41) is 2.26. The summed E-state index contributed by atoms with van der Waals surface area (Å²) in [5.41, 5.74) is 9.47. The molecule has 3 heterocycles. The van der Waals surface area contributed by atoms with Crippen LogP contribution in [0, 0.1) is 32.2 Å². The van der Waals surface area contributed by atoms with E-state index in [1.54, 1.807) is 6.21 Å². The minimum Gasteiger partial charge on any atom is -0.339 e. The van der Waals surface area contributed by atoms with Crippen molar-refractivity contribution in [2.24, 2.45) is 9.98 Å². The molecule has 0 radical (unpaired) electrons. The van der Waals surface area contributed by atoms with Crippen molar-refractivity contribution in [1.82, 2.24) is 19.1 Å². The summed E-state index contributed by atoms with van der Waals surface area (Å²) in [7, 11) is 0. The molecule has 5 rings (SSSR count). The summed E-state index contributed by atoms with van der Waals surface area (Å²) in [4.78, 5) is 16.4. The second-order valence-electron chi connectivity index (χ2n) is 9.30. The van der Waals surface area contributed by atoms with Gasteiger partial charge in [-0.25, -0.2) is 15.0 Å². The van der Waals surface area contributed by atoms with Crippen molar-refractivity contribution in [2.45, 2.75) is 20.4 Å². The van der Waals surface area contributed by atoms with Gasteiger partial charge in [0.25, 0.3) is 0 Å². The molecule has 0 atom stereocenters. The molecule has 0 amide bonds. The Morgan fingerprint density at radius 3 is 2.49 bits per heavy atom. The Morgan fingerprint density at radius 1 is 1.02 bits per heavy atom. The fraction of sp³-hybridized carbons (Fsp3) is 0.0811. The van der Waals surface area contributed by atoms with Crippen molar-refractivity contribution in [2.75, 3.05) is 0 Å². The molecular weight excluding hydrogens is 528 g/mol. The van der Waals surface area contributed by atoms with Crippen LogP contribution in [0.3, 0.4) is 0 Å². The van der Waals surface area contributed by atoms with Crippen molar-refractivity contribution in [3.63, 3.8) is 0 Å². The quantitative estimate of drug-likeness (QED) is 0.0793. The van der Waals surface area contributed by atoms with Crippen LogP contribution in [0.4, 0.5) is 0 Å². The fourth-order valence-electron chi connectivity index (χ4n) is 5.28. The van der Waals surface area contributed by atoms with Crippen molar-refractivity contribution in [3.8, 4) is 31.0 Å². The Labute approximate surface area is 252 Å². The molecule has 0 saturated heterocycles. The van der Waals surface area contributed by atoms with Gasteiger partial charge >= 0.3 is 0 Å². The molecule has 43 heavy (non-hydrogen) atoms. The third kappa shape index (κ3) is 5.91. The van der Waals surface area contributed by atoms with Gasteiger partial charge in [0.05, 0.1) is 35.8 Å². The van der Waals surface area contributed by atoms with Crippen LogP contribution in [0.2, 0.25) is 0 Å². The number of rotatable bonds is 9. The highest BCUT2D eigenvalue weighted by atomic mass is 15.0. The molecule has 6 heteroatoms. The second-order valence-corrected chi connectivity index (χ2v) is 9.30. The number of hydrogen-bond donors (Lipinski definition) is 0. The molecule has 0 unspecified atom stereocenters. The maximum Gasteiger partial charge on any atom is 0.125 e. The molecule has 0 bridgehead atoms. The van der Waals surface area contributed by atoms with Crippen molar-refractivity contribution in [1.29, 1.82) is 0 Å². The molecule has 5 aromatic rings. The van der Waals surface area contributed by atoms with E-state index in [4.69, 9.17) is 6.42 Å². The van der Waals surface area contributed by atoms with Gasteiger partial charge in [-0.15, -0.1) is 12.8 Å². The lowest BCUT2D eigenvalue weighted by Gasteiger charge is -2.08. The first-order valence-corrected chi connectivity index (χ1v) is 13.6. The standard InChI is InChI=1S/C35H30N6.C2H2/c1-6-12-29-25(5)40(18-17-37-23-36-9-4)34-16-15-27(20-31(29)34)26(7-2)19-32-30-13-10-11-14-35(30)41(33(32)8-3)28-21-38-24-39-22-28;1-2/h4,6-8,10-17,19-24H,2-3,18H2,1,5H3;1-2H/b12-6-,26-19+,36-23?,37-17?;. The number of fused-ring (bicyclic) bond motifs is 2. The normalized spacial score (nSPS) is 11.7. The zero-order chi connectivity index (χ0) is 30.8. The van der Waals surface area contributed by atoms with Gasteiger partial charge < -0.3 is 9.13 Å². The molecule has 0 aliphatic carbocycles. The minimum absolute atomic E-state index is 0.603. The van der Waals surface area contributed by atoms with Crippen LogP contribution in [-0.2, 0) is 6.54 Å². The SMILES string of the molecule is C#C.C#CN=CN=CCn1c(C)c(/C=C\C)c2cc(/C(C=C)=C/c3c(C=C)n(-c4cncnc4)c4ccccc34)ccc21. The number of aliphatic imine (C=N–C) groups is 2. The van der Waals surface area contributed by atoms with E-state index in [0.717, 1.165) is 55.6 Å². The lowest BCUT2D eigenvalue weighted by atomic mass is 9.98. The zero-order valence-electron chi connectivity index (χ0n) is 24.4. The third-order valence-electron chi connectivity index (χ3n) is 7.08. The Kier molecular flexibility index (Phi) is 9.82. The van der Waals surface area contributed by atoms with Gasteiger partial charge in [-0.3, -0.25) is 0 Å². The van der Waals surface area contributed by atoms with Gasteiger partial charge in [0.15, 0.2) is 0 Å². The lowest BCUT2D eigenvalue weighted by molar-refractivity contribution is 0.867. The average Bonchev–Trinajstić information content (AvgIpc) is 3.51. The number of nitrogens with zero attached hydrogens (tertiary/aromatic N) is 6. The molecule has 0 spiro atoms. The molecule has 210 valence electrons. The van der Waals surface area contributed by atoms with Gasteiger partial charge in [-0.2, -0.15) is 4.99 Å². The van der Waals surface area contributed by atoms with Crippen LogP contribution in [0.5, 0.6) is 0 Å². The maximum atomic E-state index is 5.17. The summed E-state index contributed by atoms with van der Waals surface area (Å²) in [6.45, 7) is 13.1. The van der Waals surface area contributed by atoms with E-state index >= 15 is 0 Å². The van der Waals surface area contributed by atoms with E-state index in [9.17, 15) is 0 Å². The Balaban J connectivity index is 0.00000207. The predicted octanol–water partition coefficient (Wildman–Crippen LogP) is 8.03. The number of allylic oxidation sites excluding steroid dienone is 3. The van der Waals surface area contributed by atoms with Crippen molar-refractivity contribution < 1.29 is 0 Å². The first-order chi connectivity index (χ1) is 21.1. The minimum atomic E-state index is 0.603. The third-order valence-corrected chi connectivity index (χ3v) is 7.08. The van der Waals surface area contributed by atoms with Crippen LogP contribution in [0.25, 0.3) is 51.3 Å². The molecule has 0 saturated carbocycles. The summed E-state index contributed by atoms with van der Waals surface area (Å²) in [6, 6.07) is 17.0. The maximum absolute atomic E-state index is 5.17. The highest BCUT2D eigenvalue weighted by Crippen LogP contribution is 2.35. The first kappa shape index (κ1) is 30.0. The van der Waals surface area contributed by atoms with E-state index in [1.807, 2.05) is 37.5 Å². The molecule has 0 aliphatic rings. The molecular formula is C37H32N6. The average molecular weight is 561 g/mol. The van der Waals surface area contributed by atoms with Gasteiger partial charge in [0.2, 0.25) is 0 Å². The van der Waals surface area contributed by atoms with Gasteiger partial charge in [-0.1, -0.05) is 62.1 Å². The number of benzene rings is 2. The molecule has 6 nitrogen and oxygen atoms in total. The summed E-state index contributed by atoms with van der Waals surface area (Å²) < 4.78 is 4.38. The van der Waals surface area contributed by atoms with Gasteiger partial charge in [0.1, 0.15) is 12.7 Å². The van der Waals surface area contributed by atoms with Gasteiger partial charge in [-0.05, 0) is 55.3 Å². The lowest BCUT2D eigenvalue weighted by Crippen LogP contribution is -2.01. The van der Waals surface area contributed by atoms with E-state index in [0.29, 0.717) is 6.54 Å². The second kappa shape index (κ2) is 14.1. The summed E-state index contributed by atoms with van der Waals surface area (Å²) >= 11 is 0. The number of para-hydroxylation sites is 1. The molecule has 0 fully saturated rings. The molecule has 3 aromatic heterocycles. The highest BCUT2D eigenvalue weighted by molar-refractivity contribution is 6.02. The summed E-state index contributed by atoms with van der Waals surface area (Å²) in [5.74, 6) is 0. The van der Waals surface area contributed by atoms with E-state index in [1.165, 1.54) is 18.2 Å². The zero-order valence-corrected chi connectivity index (χ0v) is 24.4. The van der Waals surface area contributed by atoms with Crippen molar-refractivity contribution in [3.05, 3.63) is 115 Å². The topological polar surface area (TPSA) is 60.4 Å². The first-order valence-electron chi connectivity index (χ1n) is 13.6. The fourth-order valence-corrected chi connectivity index (χ4v) is 5.28.